The minimum absolute atomic E-state index is 0.198. The zero-order chi connectivity index (χ0) is 21.7. The summed E-state index contributed by atoms with van der Waals surface area (Å²) in [5.74, 6) is 1.37. The number of carbonyl (C=O) groups is 2. The van der Waals surface area contributed by atoms with E-state index < -0.39 is 12.1 Å². The van der Waals surface area contributed by atoms with Crippen molar-refractivity contribution in [3.8, 4) is 0 Å². The van der Waals surface area contributed by atoms with Crippen molar-refractivity contribution in [2.45, 2.75) is 77.4 Å². The van der Waals surface area contributed by atoms with E-state index in [-0.39, 0.29) is 24.3 Å². The molecule has 1 saturated carbocycles. The standard InChI is InChI=1S/C25H37NO4/c1-17(14-20(27)15-19-8-4-3-5-9-19)23-11-7-12-24(28)26(23)16-22-18(2)21(22)10-6-13-25(29)30/h3-5,8-9,17-18,20-23,27H,6-7,10-16H2,1-2H3,(H,29,30)/t17-,18-,20?,21?,22+,23?/m0/s1. The van der Waals surface area contributed by atoms with Gasteiger partial charge in [-0.3, -0.25) is 9.59 Å². The van der Waals surface area contributed by atoms with E-state index in [1.807, 2.05) is 30.3 Å². The second-order valence-corrected chi connectivity index (χ2v) is 9.54. The molecule has 2 aliphatic rings. The van der Waals surface area contributed by atoms with Crippen LogP contribution in [0.4, 0.5) is 0 Å². The van der Waals surface area contributed by atoms with Crippen LogP contribution < -0.4 is 0 Å². The molecule has 2 fully saturated rings. The summed E-state index contributed by atoms with van der Waals surface area (Å²) in [6, 6.07) is 10.3. The number of nitrogens with zero attached hydrogens (tertiary/aromatic N) is 1. The molecule has 0 spiro atoms. The molecule has 0 bridgehead atoms. The fraction of sp³-hybridized carbons (Fsp3) is 0.680. The molecule has 1 amide bonds. The van der Waals surface area contributed by atoms with Crippen molar-refractivity contribution in [3.05, 3.63) is 35.9 Å². The molecule has 1 saturated heterocycles. The van der Waals surface area contributed by atoms with E-state index in [4.69, 9.17) is 5.11 Å². The molecule has 1 aromatic rings. The Morgan fingerprint density at radius 3 is 2.67 bits per heavy atom. The van der Waals surface area contributed by atoms with Crippen LogP contribution in [0.15, 0.2) is 30.3 Å². The van der Waals surface area contributed by atoms with Gasteiger partial charge in [-0.1, -0.05) is 44.2 Å². The number of amides is 1. The van der Waals surface area contributed by atoms with Gasteiger partial charge in [-0.05, 0) is 67.8 Å². The summed E-state index contributed by atoms with van der Waals surface area (Å²) in [6.07, 6.45) is 5.42. The van der Waals surface area contributed by atoms with Gasteiger partial charge in [-0.25, -0.2) is 0 Å². The van der Waals surface area contributed by atoms with Gasteiger partial charge >= 0.3 is 5.97 Å². The average Bonchev–Trinajstić information content (AvgIpc) is 3.31. The molecule has 2 N–H and O–H groups in total. The number of hydrogen-bond acceptors (Lipinski definition) is 3. The van der Waals surface area contributed by atoms with Gasteiger partial charge in [0.15, 0.2) is 0 Å². The highest BCUT2D eigenvalue weighted by Gasteiger charge is 2.48. The van der Waals surface area contributed by atoms with Crippen LogP contribution in [0.2, 0.25) is 0 Å². The van der Waals surface area contributed by atoms with Crippen LogP contribution >= 0.6 is 0 Å². The highest BCUT2D eigenvalue weighted by molar-refractivity contribution is 5.77. The molecule has 30 heavy (non-hydrogen) atoms. The molecule has 6 atom stereocenters. The number of aliphatic hydroxyl groups is 1. The average molecular weight is 416 g/mol. The number of benzene rings is 1. The van der Waals surface area contributed by atoms with E-state index >= 15 is 0 Å². The van der Waals surface area contributed by atoms with Crippen LogP contribution in [0.3, 0.4) is 0 Å². The molecule has 0 aromatic heterocycles. The molecule has 1 aliphatic heterocycles. The third-order valence-electron chi connectivity index (χ3n) is 7.32. The summed E-state index contributed by atoms with van der Waals surface area (Å²) >= 11 is 0. The third kappa shape index (κ3) is 6.07. The molecule has 0 radical (unpaired) electrons. The van der Waals surface area contributed by atoms with E-state index in [0.717, 1.165) is 37.8 Å². The molecule has 5 nitrogen and oxygen atoms in total. The molecule has 3 unspecified atom stereocenters. The van der Waals surface area contributed by atoms with Crippen LogP contribution in [0.5, 0.6) is 0 Å². The van der Waals surface area contributed by atoms with E-state index in [2.05, 4.69) is 18.7 Å². The number of rotatable bonds is 11. The summed E-state index contributed by atoms with van der Waals surface area (Å²) in [5, 5.41) is 19.5. The van der Waals surface area contributed by atoms with Gasteiger partial charge in [0, 0.05) is 25.4 Å². The highest BCUT2D eigenvalue weighted by atomic mass is 16.4. The van der Waals surface area contributed by atoms with Crippen molar-refractivity contribution in [2.24, 2.45) is 23.7 Å². The maximum absolute atomic E-state index is 12.8. The number of carbonyl (C=O) groups excluding carboxylic acids is 1. The Balaban J connectivity index is 1.53. The Labute approximate surface area is 180 Å². The van der Waals surface area contributed by atoms with E-state index in [0.29, 0.717) is 37.0 Å². The molecular weight excluding hydrogens is 378 g/mol. The second-order valence-electron chi connectivity index (χ2n) is 9.54. The number of aliphatic carboxylic acids is 1. The van der Waals surface area contributed by atoms with Crippen LogP contribution in [0.25, 0.3) is 0 Å². The molecular formula is C25H37NO4. The Morgan fingerprint density at radius 2 is 1.97 bits per heavy atom. The van der Waals surface area contributed by atoms with Crippen molar-refractivity contribution in [1.82, 2.24) is 4.90 Å². The van der Waals surface area contributed by atoms with Crippen molar-refractivity contribution in [1.29, 1.82) is 0 Å². The van der Waals surface area contributed by atoms with Crippen molar-refractivity contribution in [3.63, 3.8) is 0 Å². The first-order valence-corrected chi connectivity index (χ1v) is 11.6. The first-order chi connectivity index (χ1) is 14.4. The lowest BCUT2D eigenvalue weighted by molar-refractivity contribution is -0.138. The van der Waals surface area contributed by atoms with Crippen molar-refractivity contribution >= 4 is 11.9 Å². The Kier molecular flexibility index (Phi) is 7.93. The Hall–Kier alpha value is -1.88. The summed E-state index contributed by atoms with van der Waals surface area (Å²) in [6.45, 7) is 5.19. The Morgan fingerprint density at radius 1 is 1.23 bits per heavy atom. The van der Waals surface area contributed by atoms with Crippen LogP contribution in [0, 0.1) is 23.7 Å². The lowest BCUT2D eigenvalue weighted by Gasteiger charge is -2.40. The molecule has 1 heterocycles. The maximum Gasteiger partial charge on any atom is 0.303 e. The minimum Gasteiger partial charge on any atom is -0.481 e. The van der Waals surface area contributed by atoms with Gasteiger partial charge in [0.25, 0.3) is 0 Å². The first-order valence-electron chi connectivity index (χ1n) is 11.6. The normalized spacial score (nSPS) is 28.2. The molecule has 1 aliphatic carbocycles. The molecule has 1 aromatic carbocycles. The van der Waals surface area contributed by atoms with Crippen LogP contribution in [-0.4, -0.2) is 45.7 Å². The number of carboxylic acids is 1. The van der Waals surface area contributed by atoms with Crippen LogP contribution in [-0.2, 0) is 16.0 Å². The van der Waals surface area contributed by atoms with Crippen LogP contribution in [0.1, 0.15) is 64.4 Å². The van der Waals surface area contributed by atoms with E-state index in [1.54, 1.807) is 0 Å². The summed E-state index contributed by atoms with van der Waals surface area (Å²) in [5.41, 5.74) is 1.14. The summed E-state index contributed by atoms with van der Waals surface area (Å²) < 4.78 is 0. The zero-order valence-corrected chi connectivity index (χ0v) is 18.4. The number of aliphatic hydroxyl groups excluding tert-OH is 1. The number of carboxylic acid groups (broad SMARTS) is 1. The topological polar surface area (TPSA) is 77.8 Å². The smallest absolute Gasteiger partial charge is 0.303 e. The molecule has 3 rings (SSSR count). The van der Waals surface area contributed by atoms with Gasteiger partial charge in [-0.15, -0.1) is 0 Å². The van der Waals surface area contributed by atoms with Gasteiger partial charge in [0.05, 0.1) is 6.10 Å². The lowest BCUT2D eigenvalue weighted by Crippen LogP contribution is -2.48. The summed E-state index contributed by atoms with van der Waals surface area (Å²) in [4.78, 5) is 25.6. The fourth-order valence-electron chi connectivity index (χ4n) is 5.46. The van der Waals surface area contributed by atoms with E-state index in [9.17, 15) is 14.7 Å². The number of piperidine rings is 1. The number of likely N-dealkylation sites (tertiary alicyclic amines) is 1. The van der Waals surface area contributed by atoms with E-state index in [1.165, 1.54) is 0 Å². The SMILES string of the molecule is C[C@@H](CC(O)Cc1ccccc1)C1CCCC(=O)N1C[C@H]1C(CCCC(=O)O)[C@@H]1C. The van der Waals surface area contributed by atoms with Crippen molar-refractivity contribution in [2.75, 3.05) is 6.54 Å². The van der Waals surface area contributed by atoms with Crippen molar-refractivity contribution < 1.29 is 19.8 Å². The highest BCUT2D eigenvalue weighted by Crippen LogP contribution is 2.50. The first kappa shape index (κ1) is 22.8. The van der Waals surface area contributed by atoms with Gasteiger partial charge in [-0.2, -0.15) is 0 Å². The predicted molar refractivity (Wildman–Crippen MR) is 117 cm³/mol. The maximum atomic E-state index is 12.8. The van der Waals surface area contributed by atoms with Gasteiger partial charge < -0.3 is 15.1 Å². The third-order valence-corrected chi connectivity index (χ3v) is 7.32. The molecule has 5 heteroatoms. The lowest BCUT2D eigenvalue weighted by atomic mass is 9.86. The number of hydrogen-bond donors (Lipinski definition) is 2. The minimum atomic E-state index is -0.728. The van der Waals surface area contributed by atoms with Gasteiger partial charge in [0.2, 0.25) is 5.91 Å². The van der Waals surface area contributed by atoms with Gasteiger partial charge in [0.1, 0.15) is 0 Å². The quantitative estimate of drug-likeness (QED) is 0.569. The zero-order valence-electron chi connectivity index (χ0n) is 18.4. The fourth-order valence-corrected chi connectivity index (χ4v) is 5.46. The monoisotopic (exact) mass is 415 g/mol. The predicted octanol–water partition coefficient (Wildman–Crippen LogP) is 4.13. The molecule has 166 valence electrons. The summed E-state index contributed by atoms with van der Waals surface area (Å²) in [7, 11) is 0. The second kappa shape index (κ2) is 10.4. The largest absolute Gasteiger partial charge is 0.481 e. The Bertz CT molecular complexity index is 706.